The number of hydrogen-bond donors (Lipinski definition) is 4. The molecule has 6 aliphatic rings. The van der Waals surface area contributed by atoms with Crippen molar-refractivity contribution in [2.45, 2.75) is 135 Å². The van der Waals surface area contributed by atoms with E-state index in [1.807, 2.05) is 48.8 Å². The van der Waals surface area contributed by atoms with Gasteiger partial charge in [0.1, 0.15) is 24.2 Å². The standard InChI is InChI=1S/C49H58N4O5/c1-3-5-7-11-37(42(54)12-8-6-4-2)44(56)18-13-32-14-20-45-46(27-32)58-48-40(49(24-26-57-45)22-9-10-23-49)17-19-43(55)35-15-16-36-34(21-25-51-47(36)50)38(35)28-33-29-52-41-31-53(48)30-39(33)41/h14-16,20-21,25,27,29-30,37,40,42-43,47-48,51,54-55H,3-13,18,22-23,28,31,50H2,1-2H3. The molecule has 6 unspecified atom stereocenters. The molecule has 1 spiro atoms. The molecule has 9 heteroatoms. The Balaban J connectivity index is 1.13. The van der Waals surface area contributed by atoms with Crippen molar-refractivity contribution >= 4 is 17.6 Å². The van der Waals surface area contributed by atoms with E-state index in [9.17, 15) is 15.0 Å². The normalized spacial score (nSPS) is 24.2. The average Bonchev–Trinajstić information content (AvgIpc) is 3.97. The first-order valence-electron chi connectivity index (χ1n) is 21.7. The van der Waals surface area contributed by atoms with Gasteiger partial charge in [0, 0.05) is 36.7 Å². The van der Waals surface area contributed by atoms with Crippen molar-refractivity contribution in [2.24, 2.45) is 28.0 Å². The number of aryl methyl sites for hydroxylation is 1. The Morgan fingerprint density at radius 2 is 1.84 bits per heavy atom. The highest BCUT2D eigenvalue weighted by Crippen LogP contribution is 2.49. The lowest BCUT2D eigenvalue weighted by Crippen LogP contribution is -2.47. The summed E-state index contributed by atoms with van der Waals surface area (Å²) in [4.78, 5) is 20.9. The fourth-order valence-corrected chi connectivity index (χ4v) is 9.80. The molecule has 6 atom stereocenters. The number of benzene rings is 2. The molecule has 0 saturated heterocycles. The molecule has 9 nitrogen and oxygen atoms in total. The van der Waals surface area contributed by atoms with Crippen molar-refractivity contribution < 1.29 is 24.5 Å². The minimum atomic E-state index is -1.05. The van der Waals surface area contributed by atoms with Crippen LogP contribution in [0.15, 0.2) is 65.1 Å². The molecule has 0 amide bonds. The number of hydrogen-bond acceptors (Lipinski definition) is 9. The summed E-state index contributed by atoms with van der Waals surface area (Å²) in [6.45, 7) is 4.86. The van der Waals surface area contributed by atoms with Gasteiger partial charge in [-0.25, -0.2) is 0 Å². The van der Waals surface area contributed by atoms with E-state index in [4.69, 9.17) is 20.2 Å². The Labute approximate surface area is 343 Å². The van der Waals surface area contributed by atoms with Gasteiger partial charge in [-0.05, 0) is 89.9 Å². The number of unbranched alkanes of at least 4 members (excludes halogenated alkanes) is 4. The molecule has 2 aromatic carbocycles. The number of ether oxygens (including phenoxy) is 2. The third-order valence-electron chi connectivity index (χ3n) is 13.2. The molecule has 58 heavy (non-hydrogen) atoms. The molecular formula is C49H58N4O5. The van der Waals surface area contributed by atoms with Crippen LogP contribution in [0.1, 0.15) is 137 Å². The number of allylic oxidation sites excluding steroid dienone is 1. The van der Waals surface area contributed by atoms with Gasteiger partial charge in [0.25, 0.3) is 0 Å². The molecule has 2 aromatic rings. The smallest absolute Gasteiger partial charge is 0.187 e. The van der Waals surface area contributed by atoms with E-state index in [0.717, 1.165) is 115 Å². The lowest BCUT2D eigenvalue weighted by Gasteiger charge is -2.39. The van der Waals surface area contributed by atoms with E-state index in [1.54, 1.807) is 0 Å². The number of nitrogens with zero attached hydrogens (tertiary/aromatic N) is 2. The highest BCUT2D eigenvalue weighted by molar-refractivity contribution is 6.09. The number of Topliss-reactive ketones (excluding diaryl/α,β-unsaturated/α-hetero) is 1. The zero-order chi connectivity index (χ0) is 40.2. The predicted molar refractivity (Wildman–Crippen MR) is 227 cm³/mol. The zero-order valence-electron chi connectivity index (χ0n) is 34.1. The second-order valence-corrected chi connectivity index (χ2v) is 17.0. The van der Waals surface area contributed by atoms with E-state index >= 15 is 0 Å². The van der Waals surface area contributed by atoms with Gasteiger partial charge in [-0.3, -0.25) is 9.79 Å². The second kappa shape index (κ2) is 17.6. The summed E-state index contributed by atoms with van der Waals surface area (Å²) in [6.07, 6.45) is 21.2. The van der Waals surface area contributed by atoms with Crippen molar-refractivity contribution in [2.75, 3.05) is 6.54 Å². The number of ketones is 1. The van der Waals surface area contributed by atoms with E-state index in [-0.39, 0.29) is 17.9 Å². The molecule has 0 aromatic heterocycles. The van der Waals surface area contributed by atoms with Crippen LogP contribution in [-0.2, 0) is 17.6 Å². The Kier molecular flexibility index (Phi) is 12.1. The zero-order valence-corrected chi connectivity index (χ0v) is 34.1. The van der Waals surface area contributed by atoms with Crippen LogP contribution in [0, 0.1) is 41.1 Å². The average molecular weight is 783 g/mol. The van der Waals surface area contributed by atoms with Crippen molar-refractivity contribution in [3.63, 3.8) is 0 Å². The summed E-state index contributed by atoms with van der Waals surface area (Å²) < 4.78 is 13.3. The number of carbonyl (C=O) groups excluding carboxylic acids is 1. The number of aliphatic hydroxyl groups excluding tert-OH is 2. The molecule has 1 aliphatic carbocycles. The molecule has 5 aliphatic heterocycles. The van der Waals surface area contributed by atoms with Gasteiger partial charge in [-0.2, -0.15) is 0 Å². The minimum Gasteiger partial charge on any atom is -0.465 e. The summed E-state index contributed by atoms with van der Waals surface area (Å²) >= 11 is 0. The molecule has 304 valence electrons. The first kappa shape index (κ1) is 40.0. The quantitative estimate of drug-likeness (QED) is 0.119. The van der Waals surface area contributed by atoms with Crippen LogP contribution in [-0.4, -0.2) is 45.5 Å². The van der Waals surface area contributed by atoms with Crippen LogP contribution in [0.3, 0.4) is 0 Å². The molecule has 2 bridgehead atoms. The second-order valence-electron chi connectivity index (χ2n) is 17.0. The van der Waals surface area contributed by atoms with Crippen LogP contribution in [0.25, 0.3) is 6.08 Å². The lowest BCUT2D eigenvalue weighted by atomic mass is 9.73. The predicted octanol–water partition coefficient (Wildman–Crippen LogP) is 7.92. The van der Waals surface area contributed by atoms with Crippen molar-refractivity contribution in [1.82, 2.24) is 10.2 Å². The van der Waals surface area contributed by atoms with E-state index in [2.05, 4.69) is 54.1 Å². The van der Waals surface area contributed by atoms with Gasteiger partial charge >= 0.3 is 0 Å². The van der Waals surface area contributed by atoms with Gasteiger partial charge in [0.05, 0.1) is 29.7 Å². The summed E-state index contributed by atoms with van der Waals surface area (Å²) in [7, 11) is 0. The fraction of sp³-hybridized carbons (Fsp3) is 0.510. The molecular weight excluding hydrogens is 725 g/mol. The summed E-state index contributed by atoms with van der Waals surface area (Å²) in [5, 5.41) is 26.3. The van der Waals surface area contributed by atoms with Crippen molar-refractivity contribution in [3.8, 4) is 35.4 Å². The van der Waals surface area contributed by atoms with Crippen LogP contribution in [0.2, 0.25) is 0 Å². The number of fused-ring (bicyclic) bond motifs is 8. The Morgan fingerprint density at radius 1 is 1.05 bits per heavy atom. The molecule has 5 heterocycles. The topological polar surface area (TPSA) is 130 Å². The maximum atomic E-state index is 13.8. The number of aliphatic hydroxyl groups is 2. The summed E-state index contributed by atoms with van der Waals surface area (Å²) in [6, 6.07) is 9.82. The minimum absolute atomic E-state index is 0.126. The van der Waals surface area contributed by atoms with Crippen molar-refractivity contribution in [1.29, 1.82) is 0 Å². The molecule has 1 saturated carbocycles. The van der Waals surface area contributed by atoms with Crippen LogP contribution >= 0.6 is 0 Å². The third kappa shape index (κ3) is 8.10. The molecule has 8 rings (SSSR count). The number of nitrogens with two attached hydrogens (primary N) is 1. The summed E-state index contributed by atoms with van der Waals surface area (Å²) in [5.41, 5.74) is 13.8. The highest BCUT2D eigenvalue weighted by atomic mass is 16.5. The number of rotatable bonds is 13. The lowest BCUT2D eigenvalue weighted by molar-refractivity contribution is -0.126. The Morgan fingerprint density at radius 3 is 2.66 bits per heavy atom. The SMILES string of the molecule is CCCCCC(O)C(CCCCC)C(=O)CCc1ccc2c(c1)OC1C(C#CC(O)c3ccc4c(c3CC3=CN=C5CN1C=C35)C=CNC4N)C1(C#CO2)CCCC1. The first-order valence-corrected chi connectivity index (χ1v) is 21.7. The largest absolute Gasteiger partial charge is 0.465 e. The fourth-order valence-electron chi connectivity index (χ4n) is 9.80. The molecule has 1 fully saturated rings. The van der Waals surface area contributed by atoms with Gasteiger partial charge in [0.15, 0.2) is 17.7 Å². The number of nitrogens with one attached hydrogen (secondary N) is 1. The van der Waals surface area contributed by atoms with Gasteiger partial charge in [-0.1, -0.05) is 101 Å². The summed E-state index contributed by atoms with van der Waals surface area (Å²) in [5.74, 6) is 10.9. The van der Waals surface area contributed by atoms with E-state index in [1.165, 1.54) is 0 Å². The highest BCUT2D eigenvalue weighted by Gasteiger charge is 2.48. The van der Waals surface area contributed by atoms with E-state index < -0.39 is 29.8 Å². The van der Waals surface area contributed by atoms with Crippen molar-refractivity contribution in [3.05, 3.63) is 87.9 Å². The maximum Gasteiger partial charge on any atom is 0.187 e. The van der Waals surface area contributed by atoms with Crippen LogP contribution in [0.5, 0.6) is 11.5 Å². The van der Waals surface area contributed by atoms with Gasteiger partial charge in [0.2, 0.25) is 0 Å². The van der Waals surface area contributed by atoms with E-state index in [0.29, 0.717) is 43.7 Å². The number of aliphatic imine (C=N–C) groups is 1. The molecule has 5 N–H and O–H groups in total. The third-order valence-corrected chi connectivity index (χ3v) is 13.2. The first-order chi connectivity index (χ1) is 28.3. The maximum absolute atomic E-state index is 13.8. The van der Waals surface area contributed by atoms with Gasteiger partial charge < -0.3 is 35.6 Å². The Bertz CT molecular complexity index is 2140. The monoisotopic (exact) mass is 782 g/mol. The van der Waals surface area contributed by atoms with Crippen LogP contribution in [0.4, 0.5) is 0 Å². The van der Waals surface area contributed by atoms with Crippen LogP contribution < -0.4 is 20.5 Å². The molecule has 0 radical (unpaired) electrons. The Hall–Kier alpha value is -4.80. The number of carbonyl (C=O) groups is 1. The van der Waals surface area contributed by atoms with Gasteiger partial charge in [-0.15, -0.1) is 0 Å².